The van der Waals surface area contributed by atoms with Crippen molar-refractivity contribution in [3.63, 3.8) is 0 Å². The van der Waals surface area contributed by atoms with Crippen LogP contribution < -0.4 is 5.73 Å². The Bertz CT molecular complexity index is 512. The molecule has 0 radical (unpaired) electrons. The van der Waals surface area contributed by atoms with Gasteiger partial charge in [0.15, 0.2) is 0 Å². The normalized spacial score (nSPS) is 10.7. The third-order valence-electron chi connectivity index (χ3n) is 2.29. The van der Waals surface area contributed by atoms with E-state index in [9.17, 15) is 0 Å². The standard InChI is InChI=1S/C11H13ClN4O/c1-17-3-2-16-7-8(5-15-16)11-10(12)4-9(13)6-14-11/h4-7H,2-3,13H2,1H3. The lowest BCUT2D eigenvalue weighted by Gasteiger charge is -2.01. The maximum atomic E-state index is 6.07. The van der Waals surface area contributed by atoms with E-state index >= 15 is 0 Å². The molecule has 0 fully saturated rings. The van der Waals surface area contributed by atoms with Crippen LogP contribution in [0.5, 0.6) is 0 Å². The Balaban J connectivity index is 2.24. The second kappa shape index (κ2) is 5.16. The van der Waals surface area contributed by atoms with Crippen molar-refractivity contribution in [1.29, 1.82) is 0 Å². The van der Waals surface area contributed by atoms with Gasteiger partial charge in [0.25, 0.3) is 0 Å². The van der Waals surface area contributed by atoms with Crippen LogP contribution in [-0.2, 0) is 11.3 Å². The van der Waals surface area contributed by atoms with Crippen molar-refractivity contribution in [2.24, 2.45) is 0 Å². The van der Waals surface area contributed by atoms with Crippen LogP contribution in [0.3, 0.4) is 0 Å². The molecule has 0 unspecified atom stereocenters. The highest BCUT2D eigenvalue weighted by Gasteiger charge is 2.08. The largest absolute Gasteiger partial charge is 0.397 e. The van der Waals surface area contributed by atoms with Crippen molar-refractivity contribution in [2.45, 2.75) is 6.54 Å². The quantitative estimate of drug-likeness (QED) is 0.902. The molecule has 0 spiro atoms. The zero-order valence-corrected chi connectivity index (χ0v) is 10.2. The Labute approximate surface area is 104 Å². The van der Waals surface area contributed by atoms with Crippen LogP contribution in [0.4, 0.5) is 5.69 Å². The van der Waals surface area contributed by atoms with Gasteiger partial charge in [-0.1, -0.05) is 11.6 Å². The SMILES string of the molecule is COCCn1cc(-c2ncc(N)cc2Cl)cn1. The van der Waals surface area contributed by atoms with Gasteiger partial charge in [0.05, 0.1) is 41.9 Å². The molecule has 2 aromatic rings. The fourth-order valence-electron chi connectivity index (χ4n) is 1.46. The first-order valence-corrected chi connectivity index (χ1v) is 5.51. The van der Waals surface area contributed by atoms with Crippen molar-refractivity contribution in [2.75, 3.05) is 19.5 Å². The van der Waals surface area contributed by atoms with E-state index in [0.29, 0.717) is 29.6 Å². The van der Waals surface area contributed by atoms with E-state index in [4.69, 9.17) is 22.1 Å². The Morgan fingerprint density at radius 1 is 1.47 bits per heavy atom. The summed E-state index contributed by atoms with van der Waals surface area (Å²) < 4.78 is 6.77. The van der Waals surface area contributed by atoms with Crippen LogP contribution in [0.25, 0.3) is 11.3 Å². The molecule has 0 bridgehead atoms. The van der Waals surface area contributed by atoms with Crippen molar-refractivity contribution in [3.8, 4) is 11.3 Å². The predicted octanol–water partition coefficient (Wildman–Crippen LogP) is 1.83. The summed E-state index contributed by atoms with van der Waals surface area (Å²) in [6.07, 6.45) is 5.18. The summed E-state index contributed by atoms with van der Waals surface area (Å²) >= 11 is 6.07. The first-order chi connectivity index (χ1) is 8.20. The van der Waals surface area contributed by atoms with Crippen LogP contribution in [0.15, 0.2) is 24.7 Å². The summed E-state index contributed by atoms with van der Waals surface area (Å²) in [6.45, 7) is 1.31. The van der Waals surface area contributed by atoms with Gasteiger partial charge in [-0.05, 0) is 6.07 Å². The fraction of sp³-hybridized carbons (Fsp3) is 0.273. The monoisotopic (exact) mass is 252 g/mol. The summed E-state index contributed by atoms with van der Waals surface area (Å²) in [6, 6.07) is 1.68. The molecule has 6 heteroatoms. The van der Waals surface area contributed by atoms with Gasteiger partial charge in [-0.25, -0.2) is 0 Å². The van der Waals surface area contributed by atoms with Gasteiger partial charge in [-0.15, -0.1) is 0 Å². The first kappa shape index (κ1) is 11.9. The number of aromatic nitrogens is 3. The van der Waals surface area contributed by atoms with Crippen LogP contribution in [-0.4, -0.2) is 28.5 Å². The smallest absolute Gasteiger partial charge is 0.0921 e. The Kier molecular flexibility index (Phi) is 3.61. The molecule has 0 saturated heterocycles. The third-order valence-corrected chi connectivity index (χ3v) is 2.58. The number of rotatable bonds is 4. The second-order valence-corrected chi connectivity index (χ2v) is 3.99. The minimum atomic E-state index is 0.524. The van der Waals surface area contributed by atoms with Crippen molar-refractivity contribution in [3.05, 3.63) is 29.7 Å². The minimum absolute atomic E-state index is 0.524. The number of nitrogen functional groups attached to an aromatic ring is 1. The lowest BCUT2D eigenvalue weighted by Crippen LogP contribution is -2.03. The summed E-state index contributed by atoms with van der Waals surface area (Å²) in [5.41, 5.74) is 7.69. The van der Waals surface area contributed by atoms with Crippen LogP contribution in [0, 0.1) is 0 Å². The van der Waals surface area contributed by atoms with Gasteiger partial charge in [-0.2, -0.15) is 5.10 Å². The molecule has 90 valence electrons. The highest BCUT2D eigenvalue weighted by molar-refractivity contribution is 6.33. The van der Waals surface area contributed by atoms with E-state index in [0.717, 1.165) is 5.56 Å². The molecular weight excluding hydrogens is 240 g/mol. The van der Waals surface area contributed by atoms with Crippen molar-refractivity contribution >= 4 is 17.3 Å². The van der Waals surface area contributed by atoms with Gasteiger partial charge < -0.3 is 10.5 Å². The van der Waals surface area contributed by atoms with Crippen molar-refractivity contribution in [1.82, 2.24) is 14.8 Å². The lowest BCUT2D eigenvalue weighted by atomic mass is 10.2. The molecule has 5 nitrogen and oxygen atoms in total. The average Bonchev–Trinajstić information content (AvgIpc) is 2.75. The Morgan fingerprint density at radius 3 is 3.00 bits per heavy atom. The number of hydrogen-bond acceptors (Lipinski definition) is 4. The van der Waals surface area contributed by atoms with Crippen molar-refractivity contribution < 1.29 is 4.74 Å². The van der Waals surface area contributed by atoms with Crippen LogP contribution >= 0.6 is 11.6 Å². The Morgan fingerprint density at radius 2 is 2.29 bits per heavy atom. The van der Waals surface area contributed by atoms with E-state index in [1.807, 2.05) is 6.20 Å². The molecule has 0 atom stereocenters. The number of methoxy groups -OCH3 is 1. The zero-order chi connectivity index (χ0) is 12.3. The highest BCUT2D eigenvalue weighted by Crippen LogP contribution is 2.26. The molecule has 0 amide bonds. The summed E-state index contributed by atoms with van der Waals surface area (Å²) in [7, 11) is 1.66. The van der Waals surface area contributed by atoms with Crippen LogP contribution in [0.1, 0.15) is 0 Å². The topological polar surface area (TPSA) is 66.0 Å². The fourth-order valence-corrected chi connectivity index (χ4v) is 1.74. The molecule has 2 rings (SSSR count). The summed E-state index contributed by atoms with van der Waals surface area (Å²) in [5, 5.41) is 4.72. The first-order valence-electron chi connectivity index (χ1n) is 5.13. The van der Waals surface area contributed by atoms with E-state index in [-0.39, 0.29) is 0 Å². The number of anilines is 1. The number of hydrogen-bond donors (Lipinski definition) is 1. The number of ether oxygens (including phenoxy) is 1. The van der Waals surface area contributed by atoms with E-state index in [2.05, 4.69) is 10.1 Å². The molecule has 0 aliphatic rings. The average molecular weight is 253 g/mol. The summed E-state index contributed by atoms with van der Waals surface area (Å²) in [5.74, 6) is 0. The molecule has 2 aromatic heterocycles. The lowest BCUT2D eigenvalue weighted by molar-refractivity contribution is 0.183. The van der Waals surface area contributed by atoms with Gasteiger partial charge in [0.1, 0.15) is 0 Å². The number of pyridine rings is 1. The minimum Gasteiger partial charge on any atom is -0.397 e. The van der Waals surface area contributed by atoms with E-state index < -0.39 is 0 Å². The van der Waals surface area contributed by atoms with Gasteiger partial charge in [0.2, 0.25) is 0 Å². The van der Waals surface area contributed by atoms with Gasteiger partial charge in [-0.3, -0.25) is 9.67 Å². The Hall–Kier alpha value is -1.59. The molecular formula is C11H13ClN4O. The van der Waals surface area contributed by atoms with E-state index in [1.165, 1.54) is 0 Å². The zero-order valence-electron chi connectivity index (χ0n) is 9.43. The maximum absolute atomic E-state index is 6.07. The third kappa shape index (κ3) is 2.75. The van der Waals surface area contributed by atoms with E-state index in [1.54, 1.807) is 30.3 Å². The number of nitrogens with zero attached hydrogens (tertiary/aromatic N) is 3. The van der Waals surface area contributed by atoms with Gasteiger partial charge in [0, 0.05) is 18.9 Å². The number of halogens is 1. The number of nitrogens with two attached hydrogens (primary N) is 1. The molecule has 0 aliphatic heterocycles. The maximum Gasteiger partial charge on any atom is 0.0921 e. The molecule has 0 aliphatic carbocycles. The molecule has 0 aromatic carbocycles. The molecule has 17 heavy (non-hydrogen) atoms. The second-order valence-electron chi connectivity index (χ2n) is 3.58. The summed E-state index contributed by atoms with van der Waals surface area (Å²) in [4.78, 5) is 4.20. The molecule has 2 heterocycles. The van der Waals surface area contributed by atoms with Gasteiger partial charge >= 0.3 is 0 Å². The van der Waals surface area contributed by atoms with Crippen LogP contribution in [0.2, 0.25) is 5.02 Å². The molecule has 0 saturated carbocycles. The highest BCUT2D eigenvalue weighted by atomic mass is 35.5. The predicted molar refractivity (Wildman–Crippen MR) is 66.8 cm³/mol. The molecule has 2 N–H and O–H groups in total.